The quantitative estimate of drug-likeness (QED) is 0.513. The standard InChI is InChI=1S/C19H15ClN2O2/c1-2-24-18(23)15-16(13-9-5-3-6-10-13)21-19(20)22-17(15)14-11-7-4-8-12-14/h3-12H,2H2,1H3. The van der Waals surface area contributed by atoms with Crippen LogP contribution in [0.1, 0.15) is 17.3 Å². The zero-order valence-electron chi connectivity index (χ0n) is 13.1. The number of carbonyl (C=O) groups excluding carboxylic acids is 1. The Morgan fingerprint density at radius 3 is 1.79 bits per heavy atom. The summed E-state index contributed by atoms with van der Waals surface area (Å²) in [6.45, 7) is 2.03. The summed E-state index contributed by atoms with van der Waals surface area (Å²) in [7, 11) is 0. The SMILES string of the molecule is CCOC(=O)c1c(-c2ccccc2)nc(Cl)nc1-c1ccccc1. The topological polar surface area (TPSA) is 52.1 Å². The molecular weight excluding hydrogens is 324 g/mol. The van der Waals surface area contributed by atoms with Crippen LogP contribution in [0.15, 0.2) is 60.7 Å². The fraction of sp³-hybridized carbons (Fsp3) is 0.105. The fourth-order valence-corrected chi connectivity index (χ4v) is 2.61. The van der Waals surface area contributed by atoms with Gasteiger partial charge in [0.1, 0.15) is 5.56 Å². The Kier molecular flexibility index (Phi) is 4.87. The highest BCUT2D eigenvalue weighted by molar-refractivity contribution is 6.28. The van der Waals surface area contributed by atoms with Crippen molar-refractivity contribution >= 4 is 17.6 Å². The predicted molar refractivity (Wildman–Crippen MR) is 93.9 cm³/mol. The minimum Gasteiger partial charge on any atom is -0.462 e. The Balaban J connectivity index is 2.29. The van der Waals surface area contributed by atoms with E-state index in [4.69, 9.17) is 16.3 Å². The summed E-state index contributed by atoms with van der Waals surface area (Å²) < 4.78 is 5.23. The summed E-state index contributed by atoms with van der Waals surface area (Å²) in [6, 6.07) is 18.8. The summed E-state index contributed by atoms with van der Waals surface area (Å²) >= 11 is 6.13. The average Bonchev–Trinajstić information content (AvgIpc) is 2.62. The van der Waals surface area contributed by atoms with Gasteiger partial charge in [0, 0.05) is 11.1 Å². The molecule has 0 aliphatic rings. The van der Waals surface area contributed by atoms with Crippen LogP contribution in [0.3, 0.4) is 0 Å². The van der Waals surface area contributed by atoms with Crippen LogP contribution in [0.2, 0.25) is 5.28 Å². The number of carbonyl (C=O) groups is 1. The van der Waals surface area contributed by atoms with E-state index in [1.165, 1.54) is 0 Å². The van der Waals surface area contributed by atoms with Crippen LogP contribution in [-0.4, -0.2) is 22.5 Å². The number of hydrogen-bond acceptors (Lipinski definition) is 4. The van der Waals surface area contributed by atoms with E-state index in [1.807, 2.05) is 60.7 Å². The first kappa shape index (κ1) is 16.1. The summed E-state index contributed by atoms with van der Waals surface area (Å²) in [5.74, 6) is -0.466. The zero-order chi connectivity index (χ0) is 16.9. The maximum absolute atomic E-state index is 12.6. The Labute approximate surface area is 145 Å². The first-order chi connectivity index (χ1) is 11.7. The maximum Gasteiger partial charge on any atom is 0.342 e. The highest BCUT2D eigenvalue weighted by Crippen LogP contribution is 2.31. The zero-order valence-corrected chi connectivity index (χ0v) is 13.8. The average molecular weight is 339 g/mol. The monoisotopic (exact) mass is 338 g/mol. The molecule has 0 saturated carbocycles. The molecule has 1 aromatic heterocycles. The lowest BCUT2D eigenvalue weighted by Gasteiger charge is -2.13. The van der Waals surface area contributed by atoms with E-state index in [0.717, 1.165) is 11.1 Å². The molecule has 3 rings (SSSR count). The number of aromatic nitrogens is 2. The molecule has 4 nitrogen and oxygen atoms in total. The molecule has 0 unspecified atom stereocenters. The third-order valence-corrected chi connectivity index (χ3v) is 3.62. The van der Waals surface area contributed by atoms with Gasteiger partial charge in [-0.2, -0.15) is 0 Å². The molecule has 0 N–H and O–H groups in total. The van der Waals surface area contributed by atoms with Gasteiger partial charge in [0.25, 0.3) is 0 Å². The molecule has 5 heteroatoms. The van der Waals surface area contributed by atoms with E-state index in [2.05, 4.69) is 9.97 Å². The van der Waals surface area contributed by atoms with Gasteiger partial charge < -0.3 is 4.74 Å². The highest BCUT2D eigenvalue weighted by atomic mass is 35.5. The van der Waals surface area contributed by atoms with Crippen molar-refractivity contribution in [1.82, 2.24) is 9.97 Å². The van der Waals surface area contributed by atoms with Crippen molar-refractivity contribution in [2.45, 2.75) is 6.92 Å². The van der Waals surface area contributed by atoms with E-state index >= 15 is 0 Å². The van der Waals surface area contributed by atoms with Crippen molar-refractivity contribution in [3.8, 4) is 22.5 Å². The van der Waals surface area contributed by atoms with Gasteiger partial charge >= 0.3 is 5.97 Å². The van der Waals surface area contributed by atoms with Crippen LogP contribution in [0.4, 0.5) is 0 Å². The normalized spacial score (nSPS) is 10.4. The molecule has 0 aliphatic heterocycles. The molecule has 0 atom stereocenters. The van der Waals surface area contributed by atoms with Crippen molar-refractivity contribution in [2.75, 3.05) is 6.61 Å². The summed E-state index contributed by atoms with van der Waals surface area (Å²) in [4.78, 5) is 21.2. The molecular formula is C19H15ClN2O2. The lowest BCUT2D eigenvalue weighted by molar-refractivity contribution is 0.0527. The number of halogens is 1. The molecule has 0 radical (unpaired) electrons. The Morgan fingerprint density at radius 1 is 0.917 bits per heavy atom. The van der Waals surface area contributed by atoms with Crippen molar-refractivity contribution in [2.24, 2.45) is 0 Å². The first-order valence-corrected chi connectivity index (χ1v) is 7.94. The predicted octanol–water partition coefficient (Wildman–Crippen LogP) is 4.64. The molecule has 0 saturated heterocycles. The van der Waals surface area contributed by atoms with E-state index in [0.29, 0.717) is 17.0 Å². The summed E-state index contributed by atoms with van der Waals surface area (Å²) in [6.07, 6.45) is 0. The number of nitrogens with zero attached hydrogens (tertiary/aromatic N) is 2. The van der Waals surface area contributed by atoms with Gasteiger partial charge in [0.15, 0.2) is 0 Å². The number of esters is 1. The van der Waals surface area contributed by atoms with Gasteiger partial charge in [-0.25, -0.2) is 14.8 Å². The highest BCUT2D eigenvalue weighted by Gasteiger charge is 2.23. The minimum absolute atomic E-state index is 0.0840. The lowest BCUT2D eigenvalue weighted by atomic mass is 10.0. The van der Waals surface area contributed by atoms with Gasteiger partial charge in [-0.3, -0.25) is 0 Å². The summed E-state index contributed by atoms with van der Waals surface area (Å²) in [5, 5.41) is 0.0840. The van der Waals surface area contributed by atoms with E-state index in [1.54, 1.807) is 6.92 Å². The largest absolute Gasteiger partial charge is 0.462 e. The lowest BCUT2D eigenvalue weighted by Crippen LogP contribution is -2.11. The number of ether oxygens (including phenoxy) is 1. The molecule has 0 amide bonds. The van der Waals surface area contributed by atoms with Gasteiger partial charge in [0.2, 0.25) is 5.28 Å². The van der Waals surface area contributed by atoms with Crippen molar-refractivity contribution in [3.05, 3.63) is 71.5 Å². The molecule has 0 spiro atoms. The fourth-order valence-electron chi connectivity index (χ4n) is 2.44. The van der Waals surface area contributed by atoms with Gasteiger partial charge in [-0.05, 0) is 18.5 Å². The minimum atomic E-state index is -0.466. The second kappa shape index (κ2) is 7.23. The molecule has 3 aromatic rings. The summed E-state index contributed by atoms with van der Waals surface area (Å²) in [5.41, 5.74) is 2.81. The van der Waals surface area contributed by atoms with Crippen LogP contribution >= 0.6 is 11.6 Å². The third kappa shape index (κ3) is 3.29. The number of rotatable bonds is 4. The van der Waals surface area contributed by atoms with Crippen molar-refractivity contribution < 1.29 is 9.53 Å². The second-order valence-corrected chi connectivity index (χ2v) is 5.36. The first-order valence-electron chi connectivity index (χ1n) is 7.56. The second-order valence-electron chi connectivity index (χ2n) is 5.02. The molecule has 0 fully saturated rings. The van der Waals surface area contributed by atoms with Crippen LogP contribution < -0.4 is 0 Å². The number of benzene rings is 2. The molecule has 0 bridgehead atoms. The smallest absolute Gasteiger partial charge is 0.342 e. The van der Waals surface area contributed by atoms with E-state index in [9.17, 15) is 4.79 Å². The molecule has 24 heavy (non-hydrogen) atoms. The third-order valence-electron chi connectivity index (χ3n) is 3.46. The van der Waals surface area contributed by atoms with Crippen molar-refractivity contribution in [3.63, 3.8) is 0 Å². The van der Waals surface area contributed by atoms with E-state index < -0.39 is 5.97 Å². The Morgan fingerprint density at radius 2 is 1.38 bits per heavy atom. The van der Waals surface area contributed by atoms with Gasteiger partial charge in [-0.1, -0.05) is 60.7 Å². The van der Waals surface area contributed by atoms with Crippen LogP contribution in [0.5, 0.6) is 0 Å². The molecule has 1 heterocycles. The molecule has 0 aliphatic carbocycles. The van der Waals surface area contributed by atoms with Crippen molar-refractivity contribution in [1.29, 1.82) is 0 Å². The van der Waals surface area contributed by atoms with Gasteiger partial charge in [0.05, 0.1) is 18.0 Å². The van der Waals surface area contributed by atoms with Crippen LogP contribution in [-0.2, 0) is 4.74 Å². The maximum atomic E-state index is 12.6. The number of hydrogen-bond donors (Lipinski definition) is 0. The van der Waals surface area contributed by atoms with Crippen LogP contribution in [0.25, 0.3) is 22.5 Å². The van der Waals surface area contributed by atoms with Crippen LogP contribution in [0, 0.1) is 0 Å². The van der Waals surface area contributed by atoms with E-state index in [-0.39, 0.29) is 11.9 Å². The Bertz CT molecular complexity index is 791. The van der Waals surface area contributed by atoms with Gasteiger partial charge in [-0.15, -0.1) is 0 Å². The molecule has 120 valence electrons. The Hall–Kier alpha value is -2.72. The molecule has 2 aromatic carbocycles.